The molecule has 1 saturated heterocycles. The van der Waals surface area contributed by atoms with Crippen LogP contribution in [0.1, 0.15) is 64.8 Å². The van der Waals surface area contributed by atoms with Gasteiger partial charge in [-0.25, -0.2) is 8.42 Å². The SMILES string of the molecule is [2H]c1c([2H])c([C@]2([2H])C([2H])([2H])N(C([2H])([2H])C([2H])([2H])C([2H])([2H])[2H])C([2H])([2H])C([2H])([2H])C2([2H])[2H])c([2H])c(S(C)(=O)=O)c1[2H]. The largest absolute Gasteiger partial charge is 0.303 e. The van der Waals surface area contributed by atoms with Crippen LogP contribution in [-0.4, -0.2) is 39.1 Å². The molecule has 1 aromatic rings. The highest BCUT2D eigenvalue weighted by Crippen LogP contribution is 2.28. The molecule has 19 heavy (non-hydrogen) atoms. The first-order valence-electron chi connectivity index (χ1n) is 14.9. The van der Waals surface area contributed by atoms with Crippen LogP contribution in [0, 0.1) is 0 Å². The van der Waals surface area contributed by atoms with E-state index in [1.807, 2.05) is 0 Å². The summed E-state index contributed by atoms with van der Waals surface area (Å²) in [5, 5.41) is 0. The van der Waals surface area contributed by atoms with E-state index in [4.69, 9.17) is 27.4 Å². The summed E-state index contributed by atoms with van der Waals surface area (Å²) in [5.41, 5.74) is -1.69. The number of hydrogen-bond acceptors (Lipinski definition) is 3. The average molecular weight is 302 g/mol. The second-order valence-electron chi connectivity index (χ2n) is 3.40. The van der Waals surface area contributed by atoms with E-state index in [2.05, 4.69) is 0 Å². The van der Waals surface area contributed by atoms with E-state index in [1.165, 1.54) is 0 Å². The van der Waals surface area contributed by atoms with E-state index < -0.39 is 101 Å². The maximum atomic E-state index is 12.3. The lowest BCUT2D eigenvalue weighted by molar-refractivity contribution is 0.208. The van der Waals surface area contributed by atoms with Crippen LogP contribution in [-0.2, 0) is 9.84 Å². The Hall–Kier alpha value is -0.870. The molecule has 0 unspecified atom stereocenters. The van der Waals surface area contributed by atoms with Gasteiger partial charge in [-0.05, 0) is 55.7 Å². The topological polar surface area (TPSA) is 37.4 Å². The number of nitrogens with zero attached hydrogens (tertiary/aromatic N) is 1. The van der Waals surface area contributed by atoms with Crippen LogP contribution < -0.4 is 0 Å². The van der Waals surface area contributed by atoms with Crippen LogP contribution in [0.2, 0.25) is 0 Å². The van der Waals surface area contributed by atoms with Gasteiger partial charge in [-0.2, -0.15) is 0 Å². The molecule has 106 valence electrons. The smallest absolute Gasteiger partial charge is 0.175 e. The number of benzene rings is 1. The second kappa shape index (κ2) is 6.06. The van der Waals surface area contributed by atoms with Gasteiger partial charge in [0, 0.05) is 34.7 Å². The summed E-state index contributed by atoms with van der Waals surface area (Å²) in [6.45, 7) is -17.1. The molecule has 1 atom stereocenters. The summed E-state index contributed by atoms with van der Waals surface area (Å²) in [6, 6.07) is -5.77. The van der Waals surface area contributed by atoms with E-state index in [0.29, 0.717) is 6.26 Å². The highest BCUT2D eigenvalue weighted by molar-refractivity contribution is 7.90. The molecule has 0 saturated carbocycles. The molecule has 0 amide bonds. The highest BCUT2D eigenvalue weighted by Gasteiger charge is 2.21. The Labute approximate surface area is 144 Å². The molecule has 0 N–H and O–H groups in total. The fraction of sp³-hybridized carbons (Fsp3) is 0.600. The van der Waals surface area contributed by atoms with E-state index in [0.717, 1.165) is 0 Å². The van der Waals surface area contributed by atoms with Crippen LogP contribution in [0.25, 0.3) is 0 Å². The summed E-state index contributed by atoms with van der Waals surface area (Å²) >= 11 is 0. The summed E-state index contributed by atoms with van der Waals surface area (Å²) in [6.07, 6.45) is -12.3. The zero-order valence-corrected chi connectivity index (χ0v) is 10.5. The zero-order chi connectivity index (χ0) is 31.5. The van der Waals surface area contributed by atoms with Gasteiger partial charge in [0.1, 0.15) is 0 Å². The first kappa shape index (κ1) is 3.47. The Morgan fingerprint density at radius 1 is 1.68 bits per heavy atom. The van der Waals surface area contributed by atoms with Crippen molar-refractivity contribution in [3.05, 3.63) is 29.7 Å². The van der Waals surface area contributed by atoms with Gasteiger partial charge in [0.2, 0.25) is 0 Å². The molecule has 0 radical (unpaired) electrons. The Morgan fingerprint density at radius 2 is 2.53 bits per heavy atom. The van der Waals surface area contributed by atoms with Crippen molar-refractivity contribution < 1.29 is 35.8 Å². The Kier molecular flexibility index (Phi) is 1.11. The average Bonchev–Trinajstić information content (AvgIpc) is 2.68. The highest BCUT2D eigenvalue weighted by atomic mass is 32.2. The third-order valence-corrected chi connectivity index (χ3v) is 2.92. The van der Waals surface area contributed by atoms with Crippen molar-refractivity contribution in [1.82, 2.24) is 4.90 Å². The van der Waals surface area contributed by atoms with Gasteiger partial charge >= 0.3 is 0 Å². The minimum absolute atomic E-state index is 0.430. The first-order chi connectivity index (χ1) is 16.8. The third-order valence-electron chi connectivity index (χ3n) is 1.97. The number of sulfone groups is 1. The monoisotopic (exact) mass is 301 g/mol. The molecule has 3 nitrogen and oxygen atoms in total. The molecule has 4 heteroatoms. The lowest BCUT2D eigenvalue weighted by Gasteiger charge is -2.32. The van der Waals surface area contributed by atoms with Gasteiger partial charge in [0.15, 0.2) is 9.84 Å². The van der Waals surface area contributed by atoms with Crippen LogP contribution in [0.15, 0.2) is 29.1 Å². The summed E-state index contributed by atoms with van der Waals surface area (Å²) in [5.74, 6) is -4.26. The van der Waals surface area contributed by atoms with Crippen molar-refractivity contribution in [2.24, 2.45) is 0 Å². The van der Waals surface area contributed by atoms with Crippen molar-refractivity contribution in [2.75, 3.05) is 25.7 Å². The van der Waals surface area contributed by atoms with Crippen LogP contribution in [0.3, 0.4) is 0 Å². The van der Waals surface area contributed by atoms with Gasteiger partial charge in [0.25, 0.3) is 0 Å². The van der Waals surface area contributed by atoms with Crippen molar-refractivity contribution in [3.8, 4) is 0 Å². The van der Waals surface area contributed by atoms with Gasteiger partial charge in [-0.1, -0.05) is 18.9 Å². The van der Waals surface area contributed by atoms with Crippen molar-refractivity contribution >= 4 is 9.84 Å². The van der Waals surface area contributed by atoms with Crippen LogP contribution in [0.4, 0.5) is 0 Å². The van der Waals surface area contributed by atoms with Crippen molar-refractivity contribution in [3.63, 3.8) is 0 Å². The molecule has 0 bridgehead atoms. The van der Waals surface area contributed by atoms with Crippen LogP contribution in [0.5, 0.6) is 0 Å². The number of likely N-dealkylation sites (tertiary alicyclic amines) is 1. The molecule has 0 spiro atoms. The first-order valence-corrected chi connectivity index (χ1v) is 6.76. The molecule has 0 aromatic heterocycles. The lowest BCUT2D eigenvalue weighted by Crippen LogP contribution is -2.34. The van der Waals surface area contributed by atoms with Gasteiger partial charge in [-0.15, -0.1) is 0 Å². The predicted octanol–water partition coefficient (Wildman–Crippen LogP) is 2.68. The molecule has 1 heterocycles. The Balaban J connectivity index is 3.31. The number of hydrogen-bond donors (Lipinski definition) is 0. The van der Waals surface area contributed by atoms with Gasteiger partial charge in [0.05, 0.1) is 10.4 Å². The van der Waals surface area contributed by atoms with E-state index >= 15 is 0 Å². The Bertz CT molecular complexity index is 1300. The molecular weight excluding hydrogens is 258 g/mol. The molecule has 1 aromatic carbocycles. The predicted molar refractivity (Wildman–Crippen MR) is 78.3 cm³/mol. The standard InChI is InChI=1S/C15H23NO2S/c1-3-9-16-10-5-7-14(12-16)13-6-4-8-15(11-13)19(2,17)18/h4,6,8,11,14H,3,5,7,9-10,12H2,1-2H3/t14-/m0/s1/i1D3,3D2,4D,5D2,6D,7D2,8D,9D2,10D2,11D,12D2,14D. The maximum absolute atomic E-state index is 12.3. The third kappa shape index (κ3) is 3.80. The lowest BCUT2D eigenvalue weighted by atomic mass is 9.90. The Morgan fingerprint density at radius 3 is 3.26 bits per heavy atom. The minimum Gasteiger partial charge on any atom is -0.303 e. The normalized spacial score (nSPS) is 53.5. The van der Waals surface area contributed by atoms with Gasteiger partial charge in [-0.3, -0.25) is 0 Å². The summed E-state index contributed by atoms with van der Waals surface area (Å²) in [7, 11) is -4.70. The molecule has 1 fully saturated rings. The molecular formula is C15H23NO2S. The van der Waals surface area contributed by atoms with Crippen molar-refractivity contribution in [2.45, 2.75) is 36.8 Å². The molecule has 2 rings (SSSR count). The van der Waals surface area contributed by atoms with Crippen molar-refractivity contribution in [1.29, 1.82) is 0 Å². The molecule has 0 aliphatic carbocycles. The van der Waals surface area contributed by atoms with Gasteiger partial charge < -0.3 is 4.90 Å². The summed E-state index contributed by atoms with van der Waals surface area (Å²) in [4.78, 5) is -2.36. The number of piperidine rings is 1. The van der Waals surface area contributed by atoms with E-state index in [1.54, 1.807) is 0 Å². The summed E-state index contributed by atoms with van der Waals surface area (Å²) < 4.78 is 187. The quantitative estimate of drug-likeness (QED) is 0.858. The fourth-order valence-corrected chi connectivity index (χ4v) is 1.71. The van der Waals surface area contributed by atoms with Crippen LogP contribution >= 0.6 is 0 Å². The molecule has 1 aliphatic rings. The van der Waals surface area contributed by atoms with E-state index in [-0.39, 0.29) is 0 Å². The maximum Gasteiger partial charge on any atom is 0.175 e. The fourth-order valence-electron chi connectivity index (χ4n) is 1.18. The second-order valence-corrected chi connectivity index (χ2v) is 5.35. The van der Waals surface area contributed by atoms with E-state index in [9.17, 15) is 8.42 Å². The number of rotatable bonds is 4. The minimum atomic E-state index is -4.70. The molecule has 1 aliphatic heterocycles. The zero-order valence-electron chi connectivity index (χ0n) is 29.7.